The van der Waals surface area contributed by atoms with Crippen LogP contribution in [0, 0.1) is 12.5 Å². The van der Waals surface area contributed by atoms with E-state index < -0.39 is 0 Å². The van der Waals surface area contributed by atoms with Gasteiger partial charge in [-0.15, -0.1) is 0 Å². The van der Waals surface area contributed by atoms with Crippen LogP contribution in [0.3, 0.4) is 0 Å². The third-order valence-corrected chi connectivity index (χ3v) is 0.655. The van der Waals surface area contributed by atoms with E-state index in [1.54, 1.807) is 0 Å². The first-order valence-corrected chi connectivity index (χ1v) is 2.56. The zero-order valence-electron chi connectivity index (χ0n) is 6.41. The van der Waals surface area contributed by atoms with Gasteiger partial charge in [0.05, 0.1) is 0 Å². The minimum Gasteiger partial charge on any atom is -0.472 e. The average Bonchev–Trinajstić information content (AvgIpc) is 1.30. The molecular formula is C6H14KN. The van der Waals surface area contributed by atoms with Gasteiger partial charge in [0.1, 0.15) is 0 Å². The quantitative estimate of drug-likeness (QED) is 0.341. The largest absolute Gasteiger partial charge is 1.00 e. The van der Waals surface area contributed by atoms with Crippen LogP contribution in [0.15, 0.2) is 0 Å². The van der Waals surface area contributed by atoms with E-state index in [4.69, 9.17) is 0 Å². The summed E-state index contributed by atoms with van der Waals surface area (Å²) < 4.78 is 0. The van der Waals surface area contributed by atoms with Crippen LogP contribution in [0.4, 0.5) is 0 Å². The maximum atomic E-state index is 3.52. The standard InChI is InChI=1S/C6H14N.K/c1-6(2,3)5-7-4;/h7H,4-5H2,1-3H3;/q-1;+1. The molecule has 8 heavy (non-hydrogen) atoms. The fraction of sp³-hybridized carbons (Fsp3) is 0.833. The van der Waals surface area contributed by atoms with Crippen molar-refractivity contribution in [3.8, 4) is 0 Å². The number of rotatable bonds is 1. The van der Waals surface area contributed by atoms with E-state index in [1.807, 2.05) is 0 Å². The molecule has 0 fully saturated rings. The van der Waals surface area contributed by atoms with Crippen molar-refractivity contribution in [2.45, 2.75) is 20.8 Å². The molecule has 0 saturated carbocycles. The van der Waals surface area contributed by atoms with E-state index in [1.165, 1.54) is 0 Å². The van der Waals surface area contributed by atoms with Crippen molar-refractivity contribution in [3.05, 3.63) is 7.05 Å². The summed E-state index contributed by atoms with van der Waals surface area (Å²) in [6.07, 6.45) is 0. The molecule has 0 aromatic rings. The summed E-state index contributed by atoms with van der Waals surface area (Å²) >= 11 is 0. The van der Waals surface area contributed by atoms with Crippen LogP contribution in [0.25, 0.3) is 0 Å². The Morgan fingerprint density at radius 3 is 1.75 bits per heavy atom. The van der Waals surface area contributed by atoms with Gasteiger partial charge in [0, 0.05) is 0 Å². The van der Waals surface area contributed by atoms with Gasteiger partial charge in [0.15, 0.2) is 0 Å². The molecule has 0 aromatic heterocycles. The molecule has 0 amide bonds. The van der Waals surface area contributed by atoms with E-state index in [0.29, 0.717) is 5.41 Å². The molecule has 0 aliphatic heterocycles. The van der Waals surface area contributed by atoms with Crippen LogP contribution >= 0.6 is 0 Å². The van der Waals surface area contributed by atoms with Gasteiger partial charge in [-0.3, -0.25) is 7.05 Å². The van der Waals surface area contributed by atoms with E-state index >= 15 is 0 Å². The first-order chi connectivity index (χ1) is 3.06. The molecule has 0 unspecified atom stereocenters. The summed E-state index contributed by atoms with van der Waals surface area (Å²) in [4.78, 5) is 0. The van der Waals surface area contributed by atoms with Crippen molar-refractivity contribution >= 4 is 0 Å². The Balaban J connectivity index is 0. The second-order valence-corrected chi connectivity index (χ2v) is 2.99. The zero-order chi connectivity index (χ0) is 5.91. The van der Waals surface area contributed by atoms with Gasteiger partial charge < -0.3 is 5.32 Å². The summed E-state index contributed by atoms with van der Waals surface area (Å²) in [6.45, 7) is 7.49. The third kappa shape index (κ3) is 10.6. The number of nitrogens with one attached hydrogen (secondary N) is 1. The van der Waals surface area contributed by atoms with E-state index in [9.17, 15) is 0 Å². The monoisotopic (exact) mass is 139 g/mol. The molecular weight excluding hydrogens is 125 g/mol. The van der Waals surface area contributed by atoms with Crippen molar-refractivity contribution in [1.82, 2.24) is 5.32 Å². The Hall–Kier alpha value is 1.60. The Kier molecular flexibility index (Phi) is 8.27. The van der Waals surface area contributed by atoms with Gasteiger partial charge in [-0.1, -0.05) is 20.8 Å². The van der Waals surface area contributed by atoms with Crippen molar-refractivity contribution in [1.29, 1.82) is 0 Å². The van der Waals surface area contributed by atoms with E-state index in [2.05, 4.69) is 33.1 Å². The van der Waals surface area contributed by atoms with Gasteiger partial charge >= 0.3 is 51.4 Å². The second-order valence-electron chi connectivity index (χ2n) is 2.99. The second kappa shape index (κ2) is 5.39. The molecule has 0 saturated heterocycles. The van der Waals surface area contributed by atoms with Crippen molar-refractivity contribution in [2.75, 3.05) is 6.54 Å². The Bertz CT molecular complexity index is 47.0. The van der Waals surface area contributed by atoms with Gasteiger partial charge in [0.25, 0.3) is 0 Å². The van der Waals surface area contributed by atoms with Crippen molar-refractivity contribution in [3.63, 3.8) is 0 Å². The number of hydrogen-bond acceptors (Lipinski definition) is 1. The normalized spacial score (nSPS) is 10.5. The molecule has 0 radical (unpaired) electrons. The maximum absolute atomic E-state index is 3.52. The predicted octanol–water partition coefficient (Wildman–Crippen LogP) is -1.58. The summed E-state index contributed by atoms with van der Waals surface area (Å²) in [5.41, 5.74) is 0.377. The average molecular weight is 139 g/mol. The van der Waals surface area contributed by atoms with Crippen molar-refractivity contribution in [2.24, 2.45) is 5.41 Å². The topological polar surface area (TPSA) is 12.0 Å². The summed E-state index contributed by atoms with van der Waals surface area (Å²) in [5.74, 6) is 0. The maximum Gasteiger partial charge on any atom is 1.00 e. The molecule has 0 heterocycles. The molecule has 0 aliphatic rings. The van der Waals surface area contributed by atoms with Gasteiger partial charge in [-0.05, 0) is 12.0 Å². The van der Waals surface area contributed by atoms with Gasteiger partial charge in [0.2, 0.25) is 0 Å². The van der Waals surface area contributed by atoms with Crippen LogP contribution in [0.1, 0.15) is 20.8 Å². The fourth-order valence-electron chi connectivity index (χ4n) is 0.375. The molecule has 1 nitrogen and oxygen atoms in total. The van der Waals surface area contributed by atoms with E-state index in [-0.39, 0.29) is 51.4 Å². The summed E-state index contributed by atoms with van der Waals surface area (Å²) in [5, 5.41) is 2.86. The van der Waals surface area contributed by atoms with Gasteiger partial charge in [-0.2, -0.15) is 0 Å². The molecule has 0 aliphatic carbocycles. The molecule has 44 valence electrons. The van der Waals surface area contributed by atoms with Crippen LogP contribution in [-0.4, -0.2) is 6.54 Å². The zero-order valence-corrected chi connectivity index (χ0v) is 9.54. The minimum absolute atomic E-state index is 0. The molecule has 0 aromatic carbocycles. The number of hydrogen-bond donors (Lipinski definition) is 1. The summed E-state index contributed by atoms with van der Waals surface area (Å²) in [7, 11) is 3.52. The SMILES string of the molecule is [CH2-]NCC(C)(C)C.[K+]. The van der Waals surface area contributed by atoms with E-state index in [0.717, 1.165) is 6.54 Å². The molecule has 0 atom stereocenters. The molecule has 1 N–H and O–H groups in total. The van der Waals surface area contributed by atoms with Gasteiger partial charge in [-0.25, -0.2) is 0 Å². The third-order valence-electron chi connectivity index (χ3n) is 0.655. The van der Waals surface area contributed by atoms with Crippen molar-refractivity contribution < 1.29 is 51.4 Å². The predicted molar refractivity (Wildman–Crippen MR) is 32.8 cm³/mol. The van der Waals surface area contributed by atoms with Crippen LogP contribution < -0.4 is 56.7 Å². The Morgan fingerprint density at radius 2 is 1.75 bits per heavy atom. The molecule has 0 bridgehead atoms. The fourth-order valence-corrected chi connectivity index (χ4v) is 0.375. The van der Waals surface area contributed by atoms with Crippen LogP contribution in [0.2, 0.25) is 0 Å². The molecule has 0 rings (SSSR count). The minimum atomic E-state index is 0. The Labute approximate surface area is 95.0 Å². The smallest absolute Gasteiger partial charge is 0.472 e. The summed E-state index contributed by atoms with van der Waals surface area (Å²) in [6, 6.07) is 0. The first-order valence-electron chi connectivity index (χ1n) is 2.56. The molecule has 2 heteroatoms. The Morgan fingerprint density at radius 1 is 1.38 bits per heavy atom. The first kappa shape index (κ1) is 12.3. The van der Waals surface area contributed by atoms with Crippen LogP contribution in [-0.2, 0) is 0 Å². The van der Waals surface area contributed by atoms with Crippen LogP contribution in [0.5, 0.6) is 0 Å². The molecule has 0 spiro atoms.